The van der Waals surface area contributed by atoms with Gasteiger partial charge in [0.25, 0.3) is 0 Å². The molecule has 35 heavy (non-hydrogen) atoms. The van der Waals surface area contributed by atoms with E-state index in [1.165, 1.54) is 27.7 Å². The fraction of sp³-hybridized carbons (Fsp3) is 0.364. The van der Waals surface area contributed by atoms with Crippen LogP contribution in [0.15, 0.2) is 36.7 Å². The van der Waals surface area contributed by atoms with Gasteiger partial charge in [0.2, 0.25) is 5.88 Å². The molecule has 0 radical (unpaired) electrons. The van der Waals surface area contributed by atoms with Crippen LogP contribution in [0, 0.1) is 6.92 Å². The second-order valence-corrected chi connectivity index (χ2v) is 8.04. The van der Waals surface area contributed by atoms with Crippen molar-refractivity contribution in [2.45, 2.75) is 45.9 Å². The maximum atomic E-state index is 13.1. The molecule has 0 fully saturated rings. The molecule has 3 heterocycles. The van der Waals surface area contributed by atoms with E-state index in [4.69, 9.17) is 4.74 Å². The Balaban J connectivity index is 1.69. The van der Waals surface area contributed by atoms with E-state index in [1.54, 1.807) is 25.1 Å². The van der Waals surface area contributed by atoms with E-state index in [-0.39, 0.29) is 35.5 Å². The molecule has 0 aliphatic heterocycles. The van der Waals surface area contributed by atoms with Gasteiger partial charge >= 0.3 is 12.8 Å². The number of aromatic nitrogens is 6. The molecule has 0 N–H and O–H groups in total. The first-order valence-electron chi connectivity index (χ1n) is 10.5. The molecule has 4 rings (SSSR count). The van der Waals surface area contributed by atoms with Crippen LogP contribution in [0.5, 0.6) is 11.6 Å². The number of rotatable bonds is 8. The van der Waals surface area contributed by atoms with Gasteiger partial charge in [0.15, 0.2) is 23.8 Å². The molecule has 0 saturated heterocycles. The Morgan fingerprint density at radius 2 is 1.83 bits per heavy atom. The molecule has 186 valence electrons. The van der Waals surface area contributed by atoms with Crippen LogP contribution in [0.1, 0.15) is 42.5 Å². The van der Waals surface area contributed by atoms with Gasteiger partial charge in [-0.3, -0.25) is 0 Å². The quantitative estimate of drug-likeness (QED) is 0.324. The minimum Gasteiger partial charge on any atom is -0.468 e. The molecular formula is C22H21F5N6O2. The highest BCUT2D eigenvalue weighted by Gasteiger charge is 2.29. The van der Waals surface area contributed by atoms with E-state index in [0.29, 0.717) is 17.0 Å². The van der Waals surface area contributed by atoms with Gasteiger partial charge in [0.1, 0.15) is 17.8 Å². The van der Waals surface area contributed by atoms with E-state index in [2.05, 4.69) is 24.9 Å². The summed E-state index contributed by atoms with van der Waals surface area (Å²) in [6.45, 7) is 0.947. The smallest absolute Gasteiger partial charge is 0.422 e. The maximum Gasteiger partial charge on any atom is 0.422 e. The van der Waals surface area contributed by atoms with E-state index in [9.17, 15) is 22.0 Å². The van der Waals surface area contributed by atoms with E-state index >= 15 is 0 Å². The Labute approximate surface area is 196 Å². The molecule has 0 aliphatic carbocycles. The SMILES string of the molecule is Cc1ncn(-c2ccc(Cc3nc4c(C(C)C)ccc(OCC(F)(F)F)n4n3)cc2OC(F)F)n1. The molecular weight excluding hydrogens is 475 g/mol. The number of alkyl halides is 5. The third kappa shape index (κ3) is 5.66. The van der Waals surface area contributed by atoms with Crippen LogP contribution in [-0.2, 0) is 6.42 Å². The molecule has 4 aromatic rings. The van der Waals surface area contributed by atoms with E-state index < -0.39 is 19.4 Å². The lowest BCUT2D eigenvalue weighted by atomic mass is 10.1. The zero-order chi connectivity index (χ0) is 25.3. The van der Waals surface area contributed by atoms with Crippen molar-refractivity contribution in [3.8, 4) is 17.3 Å². The highest BCUT2D eigenvalue weighted by Crippen LogP contribution is 2.28. The lowest BCUT2D eigenvalue weighted by Crippen LogP contribution is -2.20. The summed E-state index contributed by atoms with van der Waals surface area (Å²) in [6, 6.07) is 7.69. The van der Waals surface area contributed by atoms with Crippen LogP contribution in [-0.4, -0.2) is 48.8 Å². The van der Waals surface area contributed by atoms with Gasteiger partial charge in [-0.2, -0.15) is 31.6 Å². The number of hydrogen-bond donors (Lipinski definition) is 0. The lowest BCUT2D eigenvalue weighted by Gasteiger charge is -2.12. The average Bonchev–Trinajstić information content (AvgIpc) is 3.37. The normalized spacial score (nSPS) is 12.2. The van der Waals surface area contributed by atoms with Crippen molar-refractivity contribution >= 4 is 5.65 Å². The number of ether oxygens (including phenoxy) is 2. The van der Waals surface area contributed by atoms with E-state index in [0.717, 1.165) is 5.56 Å². The van der Waals surface area contributed by atoms with Crippen LogP contribution >= 0.6 is 0 Å². The van der Waals surface area contributed by atoms with Crippen molar-refractivity contribution in [2.75, 3.05) is 6.61 Å². The molecule has 0 atom stereocenters. The fourth-order valence-corrected chi connectivity index (χ4v) is 3.48. The zero-order valence-electron chi connectivity index (χ0n) is 18.9. The summed E-state index contributed by atoms with van der Waals surface area (Å²) in [5.41, 5.74) is 1.93. The van der Waals surface area contributed by atoms with Crippen LogP contribution in [0.4, 0.5) is 22.0 Å². The van der Waals surface area contributed by atoms with Gasteiger partial charge in [-0.25, -0.2) is 14.6 Å². The molecule has 3 aromatic heterocycles. The van der Waals surface area contributed by atoms with Gasteiger partial charge in [0.05, 0.1) is 0 Å². The number of benzene rings is 1. The minimum atomic E-state index is -4.52. The molecule has 0 spiro atoms. The Morgan fingerprint density at radius 1 is 1.06 bits per heavy atom. The Morgan fingerprint density at radius 3 is 2.46 bits per heavy atom. The van der Waals surface area contributed by atoms with Crippen molar-refractivity contribution in [1.82, 2.24) is 29.4 Å². The summed E-state index contributed by atoms with van der Waals surface area (Å²) in [4.78, 5) is 8.48. The second kappa shape index (κ2) is 9.47. The fourth-order valence-electron chi connectivity index (χ4n) is 3.48. The first kappa shape index (κ1) is 24.4. The largest absolute Gasteiger partial charge is 0.468 e. The highest BCUT2D eigenvalue weighted by atomic mass is 19.4. The molecule has 0 bridgehead atoms. The summed E-state index contributed by atoms with van der Waals surface area (Å²) >= 11 is 0. The number of pyridine rings is 1. The summed E-state index contributed by atoms with van der Waals surface area (Å²) in [5, 5.41) is 8.44. The lowest BCUT2D eigenvalue weighted by molar-refractivity contribution is -0.154. The topological polar surface area (TPSA) is 79.4 Å². The van der Waals surface area contributed by atoms with E-state index in [1.807, 2.05) is 13.8 Å². The molecule has 1 aromatic carbocycles. The van der Waals surface area contributed by atoms with Crippen LogP contribution < -0.4 is 9.47 Å². The predicted octanol–water partition coefficient (Wildman–Crippen LogP) is 4.88. The van der Waals surface area contributed by atoms with Crippen LogP contribution in [0.3, 0.4) is 0 Å². The Kier molecular flexibility index (Phi) is 6.59. The highest BCUT2D eigenvalue weighted by molar-refractivity contribution is 5.52. The van der Waals surface area contributed by atoms with Gasteiger partial charge in [0, 0.05) is 12.5 Å². The minimum absolute atomic E-state index is 0.0164. The summed E-state index contributed by atoms with van der Waals surface area (Å²) in [6.07, 6.45) is -3.03. The maximum absolute atomic E-state index is 13.1. The zero-order valence-corrected chi connectivity index (χ0v) is 18.9. The average molecular weight is 496 g/mol. The van der Waals surface area contributed by atoms with Crippen molar-refractivity contribution in [3.05, 3.63) is 59.4 Å². The van der Waals surface area contributed by atoms with Crippen molar-refractivity contribution in [1.29, 1.82) is 0 Å². The molecule has 8 nitrogen and oxygen atoms in total. The molecule has 0 amide bonds. The van der Waals surface area contributed by atoms with Crippen molar-refractivity contribution in [3.63, 3.8) is 0 Å². The number of hydrogen-bond acceptors (Lipinski definition) is 6. The van der Waals surface area contributed by atoms with Crippen molar-refractivity contribution < 1.29 is 31.4 Å². The summed E-state index contributed by atoms with van der Waals surface area (Å²) in [5.74, 6) is 0.503. The first-order valence-corrected chi connectivity index (χ1v) is 10.5. The summed E-state index contributed by atoms with van der Waals surface area (Å²) in [7, 11) is 0. The number of aryl methyl sites for hydroxylation is 1. The third-order valence-corrected chi connectivity index (χ3v) is 4.98. The van der Waals surface area contributed by atoms with Gasteiger partial charge < -0.3 is 9.47 Å². The Hall–Kier alpha value is -3.77. The van der Waals surface area contributed by atoms with Crippen LogP contribution in [0.2, 0.25) is 0 Å². The standard InChI is InChI=1S/C22H21F5N6O2/c1-12(2)15-5-7-19(34-10-22(25,26)27)33-20(15)29-18(31-33)9-14-4-6-16(17(8-14)35-21(23)24)32-11-28-13(3)30-32/h4-8,11-12,21H,9-10H2,1-3H3. The van der Waals surface area contributed by atoms with Gasteiger partial charge in [-0.15, -0.1) is 5.10 Å². The van der Waals surface area contributed by atoms with Gasteiger partial charge in [-0.1, -0.05) is 19.9 Å². The predicted molar refractivity (Wildman–Crippen MR) is 114 cm³/mol. The van der Waals surface area contributed by atoms with Crippen molar-refractivity contribution in [2.24, 2.45) is 0 Å². The Bertz CT molecular complexity index is 1330. The monoisotopic (exact) mass is 496 g/mol. The third-order valence-electron chi connectivity index (χ3n) is 4.98. The second-order valence-electron chi connectivity index (χ2n) is 8.04. The molecule has 0 aliphatic rings. The number of nitrogens with zero attached hydrogens (tertiary/aromatic N) is 6. The van der Waals surface area contributed by atoms with Crippen LogP contribution in [0.25, 0.3) is 11.3 Å². The number of fused-ring (bicyclic) bond motifs is 1. The molecule has 0 unspecified atom stereocenters. The van der Waals surface area contributed by atoms with Gasteiger partial charge in [-0.05, 0) is 42.2 Å². The first-order chi connectivity index (χ1) is 16.5. The number of halogens is 5. The molecule has 13 heteroatoms. The summed E-state index contributed by atoms with van der Waals surface area (Å²) < 4.78 is 76.3. The molecule has 0 saturated carbocycles.